The Bertz CT molecular complexity index is 1090. The van der Waals surface area contributed by atoms with Gasteiger partial charge >= 0.3 is 0 Å². The van der Waals surface area contributed by atoms with E-state index in [0.717, 1.165) is 28.2 Å². The molecule has 4 rings (SSSR count). The van der Waals surface area contributed by atoms with Crippen molar-refractivity contribution in [2.75, 3.05) is 13.7 Å². The molecule has 1 heterocycles. The molecule has 0 saturated heterocycles. The minimum atomic E-state index is -0.226. The number of hydrogen-bond acceptors (Lipinski definition) is 5. The largest absolute Gasteiger partial charge is 0.504 e. The van der Waals surface area contributed by atoms with Crippen LogP contribution in [0.15, 0.2) is 71.7 Å². The fourth-order valence-corrected chi connectivity index (χ4v) is 4.03. The maximum atomic E-state index is 10.9. The van der Waals surface area contributed by atoms with E-state index >= 15 is 0 Å². The Labute approximate surface area is 183 Å². The van der Waals surface area contributed by atoms with E-state index in [1.165, 1.54) is 5.56 Å². The fourth-order valence-electron chi connectivity index (χ4n) is 4.03. The first-order chi connectivity index (χ1) is 15.1. The number of aromatic hydroxyl groups is 1. The van der Waals surface area contributed by atoms with Gasteiger partial charge in [0.25, 0.3) is 0 Å². The molecule has 0 spiro atoms. The first kappa shape index (κ1) is 20.9. The van der Waals surface area contributed by atoms with Gasteiger partial charge in [-0.3, -0.25) is 10.3 Å². The highest BCUT2D eigenvalue weighted by Crippen LogP contribution is 2.39. The Morgan fingerprint density at radius 3 is 2.58 bits per heavy atom. The summed E-state index contributed by atoms with van der Waals surface area (Å²) >= 11 is 0. The summed E-state index contributed by atoms with van der Waals surface area (Å²) in [5, 5.41) is 14.5. The number of nitrogens with zero attached hydrogens (tertiary/aromatic N) is 1. The third kappa shape index (κ3) is 4.42. The van der Waals surface area contributed by atoms with E-state index < -0.39 is 0 Å². The molecule has 1 aliphatic heterocycles. The number of aryl methyl sites for hydroxylation is 1. The summed E-state index contributed by atoms with van der Waals surface area (Å²) in [4.78, 5) is 5.06. The number of nitrogens with one attached hydrogen (secondary N) is 1. The standard InChI is InChI=1S/C26H28N2O3/c1-4-31-24-14-8-13-21(25(24)29)23-16-22(18-10-7-11-19(15-18)30-3)27-26(28-23)20-12-6-5-9-17(20)2/h5-15,23,26,28-29H,4,16H2,1-3H3/t23-,26+/m1/s1. The normalized spacial score (nSPS) is 18.4. The highest BCUT2D eigenvalue weighted by molar-refractivity contribution is 6.02. The van der Waals surface area contributed by atoms with Crippen LogP contribution < -0.4 is 14.8 Å². The van der Waals surface area contributed by atoms with Crippen LogP contribution in [-0.4, -0.2) is 24.5 Å². The molecule has 0 amide bonds. The highest BCUT2D eigenvalue weighted by Gasteiger charge is 2.29. The van der Waals surface area contributed by atoms with Gasteiger partial charge in [0.15, 0.2) is 11.5 Å². The van der Waals surface area contributed by atoms with Crippen molar-refractivity contribution in [3.8, 4) is 17.2 Å². The predicted molar refractivity (Wildman–Crippen MR) is 123 cm³/mol. The summed E-state index contributed by atoms with van der Waals surface area (Å²) in [6, 6.07) is 21.7. The molecule has 5 heteroatoms. The zero-order valence-electron chi connectivity index (χ0n) is 18.1. The van der Waals surface area contributed by atoms with Crippen molar-refractivity contribution >= 4 is 5.71 Å². The molecule has 0 fully saturated rings. The van der Waals surface area contributed by atoms with Crippen LogP contribution in [-0.2, 0) is 0 Å². The number of phenolic OH excluding ortho intramolecular Hbond substituents is 1. The molecule has 3 aromatic carbocycles. The van der Waals surface area contributed by atoms with Crippen molar-refractivity contribution in [1.29, 1.82) is 0 Å². The Morgan fingerprint density at radius 2 is 1.81 bits per heavy atom. The number of aliphatic imine (C=N–C) groups is 1. The van der Waals surface area contributed by atoms with Gasteiger partial charge in [-0.15, -0.1) is 0 Å². The van der Waals surface area contributed by atoms with Crippen LogP contribution in [0.5, 0.6) is 17.2 Å². The Kier molecular flexibility index (Phi) is 6.23. The lowest BCUT2D eigenvalue weighted by molar-refractivity contribution is 0.313. The molecule has 2 N–H and O–H groups in total. The fraction of sp³-hybridized carbons (Fsp3) is 0.269. The van der Waals surface area contributed by atoms with E-state index in [2.05, 4.69) is 30.4 Å². The van der Waals surface area contributed by atoms with E-state index in [4.69, 9.17) is 14.5 Å². The number of rotatable bonds is 6. The van der Waals surface area contributed by atoms with Crippen LogP contribution >= 0.6 is 0 Å². The number of para-hydroxylation sites is 1. The van der Waals surface area contributed by atoms with Gasteiger partial charge in [0.05, 0.1) is 13.7 Å². The lowest BCUT2D eigenvalue weighted by Gasteiger charge is -2.32. The van der Waals surface area contributed by atoms with Gasteiger partial charge in [-0.2, -0.15) is 0 Å². The van der Waals surface area contributed by atoms with Gasteiger partial charge in [-0.05, 0) is 48.7 Å². The minimum Gasteiger partial charge on any atom is -0.504 e. The second kappa shape index (κ2) is 9.23. The Hall–Kier alpha value is -3.31. The molecule has 0 bridgehead atoms. The van der Waals surface area contributed by atoms with E-state index in [1.807, 2.05) is 49.4 Å². The van der Waals surface area contributed by atoms with E-state index in [1.54, 1.807) is 13.2 Å². The van der Waals surface area contributed by atoms with Gasteiger partial charge < -0.3 is 14.6 Å². The first-order valence-electron chi connectivity index (χ1n) is 10.6. The monoisotopic (exact) mass is 416 g/mol. The molecule has 0 unspecified atom stereocenters. The lowest BCUT2D eigenvalue weighted by Crippen LogP contribution is -2.33. The molecule has 0 aliphatic carbocycles. The molecule has 0 saturated carbocycles. The van der Waals surface area contributed by atoms with Gasteiger partial charge in [-0.25, -0.2) is 0 Å². The van der Waals surface area contributed by atoms with Crippen molar-refractivity contribution in [2.45, 2.75) is 32.5 Å². The van der Waals surface area contributed by atoms with E-state index in [0.29, 0.717) is 18.8 Å². The van der Waals surface area contributed by atoms with Crippen LogP contribution in [0.4, 0.5) is 0 Å². The second-order valence-electron chi connectivity index (χ2n) is 7.62. The van der Waals surface area contributed by atoms with Crippen molar-refractivity contribution in [3.05, 3.63) is 89.0 Å². The third-order valence-corrected chi connectivity index (χ3v) is 5.63. The number of benzene rings is 3. The molecule has 31 heavy (non-hydrogen) atoms. The van der Waals surface area contributed by atoms with Crippen LogP contribution in [0.25, 0.3) is 0 Å². The van der Waals surface area contributed by atoms with Crippen molar-refractivity contribution in [2.24, 2.45) is 4.99 Å². The predicted octanol–water partition coefficient (Wildman–Crippen LogP) is 5.33. The number of hydrogen-bond donors (Lipinski definition) is 2. The van der Waals surface area contributed by atoms with Gasteiger partial charge in [0.2, 0.25) is 0 Å². The van der Waals surface area contributed by atoms with Gasteiger partial charge in [0, 0.05) is 23.7 Å². The lowest BCUT2D eigenvalue weighted by atomic mass is 9.92. The third-order valence-electron chi connectivity index (χ3n) is 5.63. The molecular formula is C26H28N2O3. The molecule has 3 aromatic rings. The topological polar surface area (TPSA) is 63.1 Å². The summed E-state index contributed by atoms with van der Waals surface area (Å²) in [5.41, 5.74) is 5.08. The Balaban J connectivity index is 1.78. The van der Waals surface area contributed by atoms with Crippen molar-refractivity contribution in [3.63, 3.8) is 0 Å². The molecule has 1 aliphatic rings. The summed E-state index contributed by atoms with van der Waals surface area (Å²) in [5.74, 6) is 1.47. The van der Waals surface area contributed by atoms with Crippen molar-refractivity contribution < 1.29 is 14.6 Å². The van der Waals surface area contributed by atoms with Crippen LogP contribution in [0.2, 0.25) is 0 Å². The maximum absolute atomic E-state index is 10.9. The smallest absolute Gasteiger partial charge is 0.162 e. The summed E-state index contributed by atoms with van der Waals surface area (Å²) in [7, 11) is 1.67. The minimum absolute atomic E-state index is 0.122. The summed E-state index contributed by atoms with van der Waals surface area (Å²) < 4.78 is 11.0. The molecular weight excluding hydrogens is 388 g/mol. The molecule has 2 atom stereocenters. The van der Waals surface area contributed by atoms with Crippen LogP contribution in [0.1, 0.15) is 47.8 Å². The summed E-state index contributed by atoms with van der Waals surface area (Å²) in [6.07, 6.45) is 0.412. The molecule has 0 aromatic heterocycles. The van der Waals surface area contributed by atoms with E-state index in [9.17, 15) is 5.11 Å². The number of ether oxygens (including phenoxy) is 2. The zero-order valence-corrected chi connectivity index (χ0v) is 18.1. The van der Waals surface area contributed by atoms with Gasteiger partial charge in [-0.1, -0.05) is 48.5 Å². The number of phenols is 1. The second-order valence-corrected chi connectivity index (χ2v) is 7.62. The molecule has 0 radical (unpaired) electrons. The van der Waals surface area contributed by atoms with Crippen molar-refractivity contribution in [1.82, 2.24) is 5.32 Å². The quantitative estimate of drug-likeness (QED) is 0.570. The maximum Gasteiger partial charge on any atom is 0.162 e. The van der Waals surface area contributed by atoms with Crippen LogP contribution in [0, 0.1) is 6.92 Å². The zero-order chi connectivity index (χ0) is 21.8. The SMILES string of the molecule is CCOc1cccc([C@H]2CC(c3cccc(OC)c3)=N[C@H](c3ccccc3C)N2)c1O. The molecule has 5 nitrogen and oxygen atoms in total. The molecule has 160 valence electrons. The number of methoxy groups -OCH3 is 1. The first-order valence-corrected chi connectivity index (χ1v) is 10.6. The average Bonchev–Trinajstić information content (AvgIpc) is 2.80. The van der Waals surface area contributed by atoms with Gasteiger partial charge in [0.1, 0.15) is 11.9 Å². The van der Waals surface area contributed by atoms with E-state index in [-0.39, 0.29) is 18.0 Å². The average molecular weight is 417 g/mol. The highest BCUT2D eigenvalue weighted by atomic mass is 16.5. The Morgan fingerprint density at radius 1 is 1.03 bits per heavy atom. The summed E-state index contributed by atoms with van der Waals surface area (Å²) in [6.45, 7) is 4.50. The van der Waals surface area contributed by atoms with Crippen LogP contribution in [0.3, 0.4) is 0 Å².